The number of halogens is 1. The van der Waals surface area contributed by atoms with Gasteiger partial charge in [0.05, 0.1) is 29.5 Å². The number of hydrazine groups is 1. The second-order valence-corrected chi connectivity index (χ2v) is 9.88. The zero-order chi connectivity index (χ0) is 23.1. The number of ether oxygens (including phenoxy) is 1. The molecule has 1 heterocycles. The van der Waals surface area contributed by atoms with Gasteiger partial charge in [-0.15, -0.1) is 0 Å². The Balaban J connectivity index is 2.40. The van der Waals surface area contributed by atoms with Gasteiger partial charge in [-0.25, -0.2) is 9.40 Å². The summed E-state index contributed by atoms with van der Waals surface area (Å²) < 4.78 is 32.9. The van der Waals surface area contributed by atoms with Crippen LogP contribution in [0, 0.1) is 11.2 Å². The average Bonchev–Trinajstić information content (AvgIpc) is 2.80. The molecule has 0 spiro atoms. The Labute approximate surface area is 179 Å². The van der Waals surface area contributed by atoms with Crippen LogP contribution < -0.4 is 16.6 Å². The SMILES string of the molecule is COCc1ccc(C(=O)NN(C)[C@@H](N)C(C)(C)C)c(F)c1B1OC(C)(C)C(C)(C)O1. The lowest BCUT2D eigenvalue weighted by molar-refractivity contribution is 0.00578. The fourth-order valence-electron chi connectivity index (χ4n) is 3.18. The summed E-state index contributed by atoms with van der Waals surface area (Å²) in [5, 5.41) is 1.49. The summed E-state index contributed by atoms with van der Waals surface area (Å²) in [5.41, 5.74) is 7.87. The second kappa shape index (κ2) is 8.55. The molecule has 0 saturated carbocycles. The normalized spacial score (nSPS) is 19.3. The zero-order valence-corrected chi connectivity index (χ0v) is 19.6. The van der Waals surface area contributed by atoms with E-state index in [2.05, 4.69) is 5.43 Å². The van der Waals surface area contributed by atoms with Crippen LogP contribution in [0.15, 0.2) is 12.1 Å². The molecule has 1 atom stereocenters. The molecule has 30 heavy (non-hydrogen) atoms. The number of benzene rings is 1. The van der Waals surface area contributed by atoms with Crippen LogP contribution in [-0.2, 0) is 20.7 Å². The predicted octanol–water partition coefficient (Wildman–Crippen LogP) is 2.18. The lowest BCUT2D eigenvalue weighted by Gasteiger charge is -2.34. The van der Waals surface area contributed by atoms with Gasteiger partial charge in [-0.05, 0) is 44.7 Å². The number of rotatable bonds is 6. The maximum atomic E-state index is 15.6. The Morgan fingerprint density at radius 2 is 1.80 bits per heavy atom. The molecule has 1 aromatic carbocycles. The molecular weight excluding hydrogens is 388 g/mol. The summed E-state index contributed by atoms with van der Waals surface area (Å²) in [5.74, 6) is -1.30. The van der Waals surface area contributed by atoms with Crippen LogP contribution >= 0.6 is 0 Å². The van der Waals surface area contributed by atoms with Crippen LogP contribution in [0.1, 0.15) is 64.4 Å². The fourth-order valence-corrected chi connectivity index (χ4v) is 3.18. The predicted molar refractivity (Wildman–Crippen MR) is 115 cm³/mol. The molecule has 0 bridgehead atoms. The molecule has 1 aromatic rings. The Kier molecular flexibility index (Phi) is 7.05. The molecule has 7 nitrogen and oxygen atoms in total. The van der Waals surface area contributed by atoms with Gasteiger partial charge in [-0.3, -0.25) is 10.2 Å². The molecule has 1 aliphatic heterocycles. The maximum Gasteiger partial charge on any atom is 0.498 e. The minimum Gasteiger partial charge on any atom is -0.399 e. The number of nitrogens with zero attached hydrogens (tertiary/aromatic N) is 1. The molecule has 0 aliphatic carbocycles. The third-order valence-corrected chi connectivity index (χ3v) is 5.89. The first kappa shape index (κ1) is 24.8. The van der Waals surface area contributed by atoms with Gasteiger partial charge < -0.3 is 19.8 Å². The smallest absolute Gasteiger partial charge is 0.399 e. The third kappa shape index (κ3) is 4.86. The maximum absolute atomic E-state index is 15.6. The van der Waals surface area contributed by atoms with Crippen LogP contribution in [0.4, 0.5) is 4.39 Å². The largest absolute Gasteiger partial charge is 0.498 e. The van der Waals surface area contributed by atoms with Gasteiger partial charge in [0.2, 0.25) is 0 Å². The van der Waals surface area contributed by atoms with Gasteiger partial charge in [0.15, 0.2) is 0 Å². The van der Waals surface area contributed by atoms with E-state index in [1.807, 2.05) is 48.5 Å². The van der Waals surface area contributed by atoms with E-state index in [4.69, 9.17) is 19.8 Å². The first-order chi connectivity index (χ1) is 13.6. The number of hydrogen-bond donors (Lipinski definition) is 2. The number of amides is 1. The van der Waals surface area contributed by atoms with Crippen LogP contribution in [-0.4, -0.2) is 49.6 Å². The molecule has 1 fully saturated rings. The van der Waals surface area contributed by atoms with E-state index in [0.717, 1.165) is 0 Å². The Morgan fingerprint density at radius 1 is 1.27 bits per heavy atom. The van der Waals surface area contributed by atoms with E-state index in [1.54, 1.807) is 13.1 Å². The summed E-state index contributed by atoms with van der Waals surface area (Å²) in [4.78, 5) is 12.8. The number of nitrogens with one attached hydrogen (secondary N) is 1. The molecule has 1 amide bonds. The van der Waals surface area contributed by atoms with Gasteiger partial charge >= 0.3 is 7.12 Å². The highest BCUT2D eigenvalue weighted by atomic mass is 19.1. The van der Waals surface area contributed by atoms with Crippen molar-refractivity contribution in [2.45, 2.75) is 72.4 Å². The molecule has 3 N–H and O–H groups in total. The van der Waals surface area contributed by atoms with E-state index in [1.165, 1.54) is 18.2 Å². The molecule has 0 aromatic heterocycles. The molecule has 9 heteroatoms. The quantitative estimate of drug-likeness (QED) is 0.415. The van der Waals surface area contributed by atoms with Gasteiger partial charge in [0, 0.05) is 19.6 Å². The summed E-state index contributed by atoms with van der Waals surface area (Å²) in [6, 6.07) is 3.09. The van der Waals surface area contributed by atoms with Gasteiger partial charge in [0.25, 0.3) is 5.91 Å². The monoisotopic (exact) mass is 423 g/mol. The molecular formula is C21H35BFN3O4. The van der Waals surface area contributed by atoms with Crippen LogP contribution in [0.2, 0.25) is 0 Å². The van der Waals surface area contributed by atoms with E-state index in [-0.39, 0.29) is 23.0 Å². The van der Waals surface area contributed by atoms with Crippen molar-refractivity contribution in [1.29, 1.82) is 0 Å². The zero-order valence-electron chi connectivity index (χ0n) is 19.6. The standard InChI is InChI=1S/C21H35BFN3O4/c1-19(2,3)18(24)26(8)25-17(27)14-11-10-13(12-28-9)15(16(14)23)22-29-20(4,5)21(6,7)30-22/h10-11,18H,12,24H2,1-9H3,(H,25,27)/t18-/m1/s1. The molecule has 1 aliphatic rings. The van der Waals surface area contributed by atoms with E-state index < -0.39 is 36.2 Å². The van der Waals surface area contributed by atoms with Crippen molar-refractivity contribution in [1.82, 2.24) is 10.4 Å². The first-order valence-electron chi connectivity index (χ1n) is 10.1. The van der Waals surface area contributed by atoms with E-state index >= 15 is 4.39 Å². The lowest BCUT2D eigenvalue weighted by atomic mass is 9.74. The highest BCUT2D eigenvalue weighted by molar-refractivity contribution is 6.62. The number of carbonyl (C=O) groups excluding carboxylic acids is 1. The Morgan fingerprint density at radius 3 is 2.27 bits per heavy atom. The Bertz CT molecular complexity index is 779. The number of nitrogens with two attached hydrogens (primary N) is 1. The van der Waals surface area contributed by atoms with E-state index in [9.17, 15) is 4.79 Å². The summed E-state index contributed by atoms with van der Waals surface area (Å²) in [6.45, 7) is 13.6. The molecule has 0 radical (unpaired) electrons. The number of carbonyl (C=O) groups is 1. The number of hydrogen-bond acceptors (Lipinski definition) is 6. The molecule has 1 saturated heterocycles. The summed E-state index contributed by atoms with van der Waals surface area (Å²) >= 11 is 0. The van der Waals surface area contributed by atoms with Crippen LogP contribution in [0.25, 0.3) is 0 Å². The van der Waals surface area contributed by atoms with Crippen LogP contribution in [0.5, 0.6) is 0 Å². The van der Waals surface area contributed by atoms with Crippen molar-refractivity contribution in [3.8, 4) is 0 Å². The lowest BCUT2D eigenvalue weighted by Crippen LogP contribution is -2.56. The van der Waals surface area contributed by atoms with Gasteiger partial charge in [-0.2, -0.15) is 0 Å². The second-order valence-electron chi connectivity index (χ2n) is 9.88. The first-order valence-corrected chi connectivity index (χ1v) is 10.1. The van der Waals surface area contributed by atoms with E-state index in [0.29, 0.717) is 5.56 Å². The minimum absolute atomic E-state index is 0.118. The van der Waals surface area contributed by atoms with Crippen molar-refractivity contribution >= 4 is 18.5 Å². The highest BCUT2D eigenvalue weighted by Gasteiger charge is 2.53. The third-order valence-electron chi connectivity index (χ3n) is 5.89. The van der Waals surface area contributed by atoms with Gasteiger partial charge in [0.1, 0.15) is 5.82 Å². The number of methoxy groups -OCH3 is 1. The van der Waals surface area contributed by atoms with Crippen molar-refractivity contribution in [3.63, 3.8) is 0 Å². The molecule has 2 rings (SSSR count). The Hall–Kier alpha value is -1.52. The van der Waals surface area contributed by atoms with Crippen molar-refractivity contribution in [3.05, 3.63) is 29.1 Å². The van der Waals surface area contributed by atoms with Crippen LogP contribution in [0.3, 0.4) is 0 Å². The van der Waals surface area contributed by atoms with Crippen molar-refractivity contribution < 1.29 is 23.2 Å². The molecule has 168 valence electrons. The minimum atomic E-state index is -0.956. The van der Waals surface area contributed by atoms with Crippen molar-refractivity contribution in [2.24, 2.45) is 11.1 Å². The average molecular weight is 423 g/mol. The fraction of sp³-hybridized carbons (Fsp3) is 0.667. The van der Waals surface area contributed by atoms with Crippen molar-refractivity contribution in [2.75, 3.05) is 14.2 Å². The topological polar surface area (TPSA) is 86.1 Å². The van der Waals surface area contributed by atoms with Gasteiger partial charge in [-0.1, -0.05) is 26.8 Å². The highest BCUT2D eigenvalue weighted by Crippen LogP contribution is 2.37. The summed E-state index contributed by atoms with van der Waals surface area (Å²) in [6.07, 6.45) is -0.458. The summed E-state index contributed by atoms with van der Waals surface area (Å²) in [7, 11) is 2.22. The molecule has 0 unspecified atom stereocenters.